The summed E-state index contributed by atoms with van der Waals surface area (Å²) < 4.78 is 0. The van der Waals surface area contributed by atoms with Gasteiger partial charge in [-0.3, -0.25) is 4.79 Å². The number of carbonyl (C=O) groups is 1. The molecule has 0 spiro atoms. The Kier molecular flexibility index (Phi) is 3.69. The molecule has 1 heterocycles. The molecular formula is C7H11N3OS. The van der Waals surface area contributed by atoms with Crippen molar-refractivity contribution >= 4 is 17.2 Å². The molecule has 5 heteroatoms. The second kappa shape index (κ2) is 4.84. The number of nitrogens with zero attached hydrogens (tertiary/aromatic N) is 1. The molecule has 0 unspecified atom stereocenters. The summed E-state index contributed by atoms with van der Waals surface area (Å²) in [5.74, 6) is -0.119. The van der Waals surface area contributed by atoms with E-state index in [2.05, 4.69) is 10.3 Å². The fourth-order valence-electron chi connectivity index (χ4n) is 0.757. The number of nitrogens with one attached hydrogen (secondary N) is 1. The van der Waals surface area contributed by atoms with Crippen molar-refractivity contribution in [2.75, 3.05) is 13.1 Å². The van der Waals surface area contributed by atoms with E-state index in [-0.39, 0.29) is 12.5 Å². The highest BCUT2D eigenvalue weighted by Crippen LogP contribution is 2.03. The lowest BCUT2D eigenvalue weighted by Gasteiger charge is -1.99. The summed E-state index contributed by atoms with van der Waals surface area (Å²) in [6.07, 6.45) is 2.54. The zero-order chi connectivity index (χ0) is 8.81. The number of thiazole rings is 1. The molecule has 1 aromatic rings. The Bertz CT molecular complexity index is 235. The highest BCUT2D eigenvalue weighted by molar-refractivity contribution is 7.09. The van der Waals surface area contributed by atoms with Gasteiger partial charge in [0, 0.05) is 24.5 Å². The minimum Gasteiger partial charge on any atom is -0.355 e. The topological polar surface area (TPSA) is 68.0 Å². The minimum atomic E-state index is -0.119. The van der Waals surface area contributed by atoms with Crippen molar-refractivity contribution in [1.29, 1.82) is 0 Å². The molecule has 0 aliphatic carbocycles. The van der Waals surface area contributed by atoms with E-state index in [1.54, 1.807) is 17.5 Å². The van der Waals surface area contributed by atoms with Gasteiger partial charge in [0.25, 0.3) is 0 Å². The molecule has 0 atom stereocenters. The number of rotatable bonds is 4. The summed E-state index contributed by atoms with van der Waals surface area (Å²) in [7, 11) is 0. The third kappa shape index (κ3) is 2.98. The van der Waals surface area contributed by atoms with Gasteiger partial charge in [0.05, 0.1) is 11.6 Å². The lowest BCUT2D eigenvalue weighted by molar-refractivity contribution is -0.119. The lowest BCUT2D eigenvalue weighted by Crippen LogP contribution is -2.31. The molecule has 12 heavy (non-hydrogen) atoms. The van der Waals surface area contributed by atoms with Gasteiger partial charge in [0.15, 0.2) is 0 Å². The Morgan fingerprint density at radius 1 is 1.75 bits per heavy atom. The maximum atomic E-state index is 10.7. The van der Waals surface area contributed by atoms with E-state index >= 15 is 0 Å². The van der Waals surface area contributed by atoms with Crippen LogP contribution in [0.1, 0.15) is 5.01 Å². The second-order valence-electron chi connectivity index (χ2n) is 2.23. The summed E-state index contributed by atoms with van der Waals surface area (Å²) in [6.45, 7) is 0.668. The first-order valence-electron chi connectivity index (χ1n) is 3.68. The molecule has 1 amide bonds. The van der Waals surface area contributed by atoms with Gasteiger partial charge in [-0.25, -0.2) is 4.98 Å². The standard InChI is InChI=1S/C7H11N3OS/c8-5-6(11)9-2-1-7-10-3-4-12-7/h3-4H,1-2,5,8H2,(H,9,11). The van der Waals surface area contributed by atoms with E-state index in [9.17, 15) is 4.79 Å². The number of nitrogens with two attached hydrogens (primary N) is 1. The molecule has 0 fully saturated rings. The second-order valence-corrected chi connectivity index (χ2v) is 3.21. The van der Waals surface area contributed by atoms with Gasteiger partial charge in [-0.15, -0.1) is 11.3 Å². The summed E-state index contributed by atoms with van der Waals surface area (Å²) in [5, 5.41) is 5.62. The Morgan fingerprint density at radius 2 is 2.58 bits per heavy atom. The van der Waals surface area contributed by atoms with Gasteiger partial charge in [-0.2, -0.15) is 0 Å². The number of hydrogen-bond donors (Lipinski definition) is 2. The largest absolute Gasteiger partial charge is 0.355 e. The zero-order valence-corrected chi connectivity index (χ0v) is 7.43. The van der Waals surface area contributed by atoms with Crippen molar-refractivity contribution in [2.24, 2.45) is 5.73 Å². The van der Waals surface area contributed by atoms with Crippen LogP contribution in [-0.2, 0) is 11.2 Å². The smallest absolute Gasteiger partial charge is 0.233 e. The molecule has 1 rings (SSSR count). The monoisotopic (exact) mass is 185 g/mol. The predicted octanol–water partition coefficient (Wildman–Crippen LogP) is -0.240. The Labute approximate surface area is 74.8 Å². The van der Waals surface area contributed by atoms with Crippen molar-refractivity contribution in [2.45, 2.75) is 6.42 Å². The SMILES string of the molecule is NCC(=O)NCCc1nccs1. The third-order valence-corrected chi connectivity index (χ3v) is 2.17. The maximum Gasteiger partial charge on any atom is 0.233 e. The van der Waals surface area contributed by atoms with E-state index < -0.39 is 0 Å². The minimum absolute atomic E-state index is 0.0534. The number of amides is 1. The fraction of sp³-hybridized carbons (Fsp3) is 0.429. The van der Waals surface area contributed by atoms with E-state index in [1.165, 1.54) is 0 Å². The summed E-state index contributed by atoms with van der Waals surface area (Å²) >= 11 is 1.59. The van der Waals surface area contributed by atoms with Crippen LogP contribution in [0, 0.1) is 0 Å². The van der Waals surface area contributed by atoms with Crippen molar-refractivity contribution < 1.29 is 4.79 Å². The predicted molar refractivity (Wildman–Crippen MR) is 47.9 cm³/mol. The highest BCUT2D eigenvalue weighted by Gasteiger charge is 1.97. The lowest BCUT2D eigenvalue weighted by atomic mass is 10.4. The van der Waals surface area contributed by atoms with Crippen molar-refractivity contribution in [3.63, 3.8) is 0 Å². The van der Waals surface area contributed by atoms with Gasteiger partial charge < -0.3 is 11.1 Å². The van der Waals surface area contributed by atoms with E-state index in [0.29, 0.717) is 6.54 Å². The van der Waals surface area contributed by atoms with Crippen LogP contribution >= 0.6 is 11.3 Å². The van der Waals surface area contributed by atoms with Gasteiger partial charge in [0.2, 0.25) is 5.91 Å². The fourth-order valence-corrected chi connectivity index (χ4v) is 1.38. The number of carbonyl (C=O) groups excluding carboxylic acids is 1. The molecule has 3 N–H and O–H groups in total. The molecule has 0 aliphatic rings. The zero-order valence-electron chi connectivity index (χ0n) is 6.62. The summed E-state index contributed by atoms with van der Waals surface area (Å²) in [5.41, 5.74) is 5.11. The first-order chi connectivity index (χ1) is 5.83. The van der Waals surface area contributed by atoms with E-state index in [4.69, 9.17) is 5.73 Å². The van der Waals surface area contributed by atoms with Crippen molar-refractivity contribution in [3.8, 4) is 0 Å². The molecule has 0 aromatic carbocycles. The van der Waals surface area contributed by atoms with Crippen LogP contribution in [0.3, 0.4) is 0 Å². The first kappa shape index (κ1) is 9.15. The molecule has 0 saturated heterocycles. The number of aromatic nitrogens is 1. The molecule has 0 aliphatic heterocycles. The highest BCUT2D eigenvalue weighted by atomic mass is 32.1. The van der Waals surface area contributed by atoms with Crippen LogP contribution in [0.15, 0.2) is 11.6 Å². The Hall–Kier alpha value is -0.940. The van der Waals surface area contributed by atoms with Crippen LogP contribution in [0.25, 0.3) is 0 Å². The Balaban J connectivity index is 2.15. The average molecular weight is 185 g/mol. The molecule has 66 valence electrons. The summed E-state index contributed by atoms with van der Waals surface area (Å²) in [6, 6.07) is 0. The molecule has 0 radical (unpaired) electrons. The molecule has 0 saturated carbocycles. The van der Waals surface area contributed by atoms with Crippen LogP contribution in [0.5, 0.6) is 0 Å². The van der Waals surface area contributed by atoms with Crippen LogP contribution in [0.4, 0.5) is 0 Å². The van der Waals surface area contributed by atoms with Gasteiger partial charge >= 0.3 is 0 Å². The van der Waals surface area contributed by atoms with Gasteiger partial charge in [0.1, 0.15) is 0 Å². The third-order valence-electron chi connectivity index (χ3n) is 1.33. The normalized spacial score (nSPS) is 9.75. The quantitative estimate of drug-likeness (QED) is 0.680. The summed E-state index contributed by atoms with van der Waals surface area (Å²) in [4.78, 5) is 14.8. The van der Waals surface area contributed by atoms with Crippen LogP contribution in [-0.4, -0.2) is 24.0 Å². The van der Waals surface area contributed by atoms with E-state index in [1.807, 2.05) is 5.38 Å². The maximum absolute atomic E-state index is 10.7. The van der Waals surface area contributed by atoms with Crippen LogP contribution < -0.4 is 11.1 Å². The van der Waals surface area contributed by atoms with Crippen molar-refractivity contribution in [1.82, 2.24) is 10.3 Å². The number of hydrogen-bond acceptors (Lipinski definition) is 4. The van der Waals surface area contributed by atoms with Crippen molar-refractivity contribution in [3.05, 3.63) is 16.6 Å². The Morgan fingerprint density at radius 3 is 3.17 bits per heavy atom. The average Bonchev–Trinajstić information content (AvgIpc) is 2.57. The molecular weight excluding hydrogens is 174 g/mol. The van der Waals surface area contributed by atoms with Gasteiger partial charge in [-0.1, -0.05) is 0 Å². The van der Waals surface area contributed by atoms with Gasteiger partial charge in [-0.05, 0) is 0 Å². The molecule has 0 bridgehead atoms. The molecule has 4 nitrogen and oxygen atoms in total. The van der Waals surface area contributed by atoms with Crippen LogP contribution in [0.2, 0.25) is 0 Å². The van der Waals surface area contributed by atoms with E-state index in [0.717, 1.165) is 11.4 Å². The first-order valence-corrected chi connectivity index (χ1v) is 4.56. The molecule has 1 aromatic heterocycles.